The van der Waals surface area contributed by atoms with Gasteiger partial charge in [-0.1, -0.05) is 42.0 Å². The highest BCUT2D eigenvalue weighted by molar-refractivity contribution is 7.89. The van der Waals surface area contributed by atoms with Crippen LogP contribution in [0.2, 0.25) is 0 Å². The minimum Gasteiger partial charge on any atom is -0.321 e. The Labute approximate surface area is 198 Å². The number of H-pyrrole nitrogens is 1. The smallest absolute Gasteiger partial charge is 0.252 e. The first kappa shape index (κ1) is 23.9. The molecule has 0 radical (unpaired) electrons. The first-order valence-electron chi connectivity index (χ1n) is 11.1. The second kappa shape index (κ2) is 9.52. The van der Waals surface area contributed by atoms with Crippen LogP contribution in [0.25, 0.3) is 10.9 Å². The average Bonchev–Trinajstić information content (AvgIpc) is 2.80. The number of nitrogens with one attached hydrogen (secondary N) is 1. The minimum absolute atomic E-state index is 0.0117. The fraction of sp³-hybridized carbons (Fsp3) is 0.222. The number of pyridine rings is 1. The number of hydrogen-bond acceptors (Lipinski definition) is 3. The van der Waals surface area contributed by atoms with Crippen molar-refractivity contribution in [3.63, 3.8) is 0 Å². The molecule has 0 saturated carbocycles. The first-order chi connectivity index (χ1) is 16.1. The van der Waals surface area contributed by atoms with Gasteiger partial charge in [0, 0.05) is 24.0 Å². The number of halogens is 1. The summed E-state index contributed by atoms with van der Waals surface area (Å²) in [7, 11) is -3.97. The second-order valence-electron chi connectivity index (χ2n) is 8.64. The van der Waals surface area contributed by atoms with Crippen LogP contribution in [0.1, 0.15) is 27.8 Å². The van der Waals surface area contributed by atoms with Gasteiger partial charge in [0.1, 0.15) is 5.82 Å². The molecule has 0 atom stereocenters. The third-order valence-corrected chi connectivity index (χ3v) is 7.91. The molecule has 0 saturated heterocycles. The number of aromatic amines is 1. The molecule has 1 heterocycles. The molecule has 4 aromatic rings. The molecule has 0 bridgehead atoms. The van der Waals surface area contributed by atoms with E-state index in [-0.39, 0.29) is 23.5 Å². The topological polar surface area (TPSA) is 70.2 Å². The van der Waals surface area contributed by atoms with E-state index >= 15 is 0 Å². The van der Waals surface area contributed by atoms with Crippen LogP contribution in [-0.4, -0.2) is 24.3 Å². The standard InChI is InChI=1S/C27H27FN2O3S/c1-18-5-4-6-21(15-18)13-14-30(34(32,33)24-11-9-23(28)10-12-24)17-22-16-25-19(2)7-8-20(3)26(25)29-27(22)31/h4-12,15-16H,13-14,17H2,1-3H3,(H,29,31). The molecule has 176 valence electrons. The predicted molar refractivity (Wildman–Crippen MR) is 133 cm³/mol. The highest BCUT2D eigenvalue weighted by Gasteiger charge is 2.26. The molecule has 0 aliphatic heterocycles. The number of aromatic nitrogens is 1. The van der Waals surface area contributed by atoms with Gasteiger partial charge in [0.05, 0.1) is 10.4 Å². The van der Waals surface area contributed by atoms with Crippen LogP contribution in [0.5, 0.6) is 0 Å². The summed E-state index contributed by atoms with van der Waals surface area (Å²) in [5.74, 6) is -0.512. The van der Waals surface area contributed by atoms with E-state index in [4.69, 9.17) is 0 Å². The Morgan fingerprint density at radius 2 is 1.62 bits per heavy atom. The van der Waals surface area contributed by atoms with Gasteiger partial charge >= 0.3 is 0 Å². The van der Waals surface area contributed by atoms with Crippen LogP contribution in [0.15, 0.2) is 76.4 Å². The van der Waals surface area contributed by atoms with Crippen molar-refractivity contribution in [2.24, 2.45) is 0 Å². The Balaban J connectivity index is 1.74. The lowest BCUT2D eigenvalue weighted by Crippen LogP contribution is -2.34. The van der Waals surface area contributed by atoms with Gasteiger partial charge in [0.2, 0.25) is 10.0 Å². The van der Waals surface area contributed by atoms with Gasteiger partial charge in [-0.3, -0.25) is 4.79 Å². The number of rotatable bonds is 7. The third-order valence-electron chi connectivity index (χ3n) is 6.05. The van der Waals surface area contributed by atoms with Crippen LogP contribution in [0.4, 0.5) is 4.39 Å². The number of fused-ring (bicyclic) bond motifs is 1. The Kier molecular flexibility index (Phi) is 6.68. The summed E-state index contributed by atoms with van der Waals surface area (Å²) in [6.07, 6.45) is 0.478. The zero-order valence-corrected chi connectivity index (χ0v) is 20.2. The zero-order chi connectivity index (χ0) is 24.5. The predicted octanol–water partition coefficient (Wildman–Crippen LogP) is 5.03. The summed E-state index contributed by atoms with van der Waals surface area (Å²) in [5.41, 5.74) is 4.80. The van der Waals surface area contributed by atoms with Crippen molar-refractivity contribution in [2.45, 2.75) is 38.6 Å². The number of benzene rings is 3. The van der Waals surface area contributed by atoms with Crippen molar-refractivity contribution < 1.29 is 12.8 Å². The van der Waals surface area contributed by atoms with Gasteiger partial charge in [0.15, 0.2) is 0 Å². The molecule has 0 amide bonds. The molecule has 4 rings (SSSR count). The summed E-state index contributed by atoms with van der Waals surface area (Å²) in [5, 5.41) is 0.882. The van der Waals surface area contributed by atoms with E-state index < -0.39 is 15.8 Å². The maximum Gasteiger partial charge on any atom is 0.252 e. The molecule has 1 aromatic heterocycles. The molecule has 0 spiro atoms. The molecule has 1 N–H and O–H groups in total. The third kappa shape index (κ3) is 4.95. The van der Waals surface area contributed by atoms with E-state index in [1.165, 1.54) is 16.4 Å². The summed E-state index contributed by atoms with van der Waals surface area (Å²) in [6.45, 7) is 5.94. The molecule has 5 nitrogen and oxygen atoms in total. The van der Waals surface area contributed by atoms with Crippen molar-refractivity contribution in [1.82, 2.24) is 9.29 Å². The molecular formula is C27H27FN2O3S. The highest BCUT2D eigenvalue weighted by atomic mass is 32.2. The zero-order valence-electron chi connectivity index (χ0n) is 19.4. The maximum atomic E-state index is 13.5. The largest absolute Gasteiger partial charge is 0.321 e. The molecular weight excluding hydrogens is 451 g/mol. The molecule has 3 aromatic carbocycles. The summed E-state index contributed by atoms with van der Waals surface area (Å²) >= 11 is 0. The molecule has 0 aliphatic rings. The van der Waals surface area contributed by atoms with Gasteiger partial charge in [-0.15, -0.1) is 0 Å². The number of hydrogen-bond donors (Lipinski definition) is 1. The van der Waals surface area contributed by atoms with Crippen LogP contribution >= 0.6 is 0 Å². The highest BCUT2D eigenvalue weighted by Crippen LogP contribution is 2.23. The number of aryl methyl sites for hydroxylation is 3. The minimum atomic E-state index is -3.97. The molecule has 34 heavy (non-hydrogen) atoms. The molecule has 7 heteroatoms. The molecule has 0 fully saturated rings. The maximum absolute atomic E-state index is 13.5. The lowest BCUT2D eigenvalue weighted by atomic mass is 10.0. The monoisotopic (exact) mass is 478 g/mol. The quantitative estimate of drug-likeness (QED) is 0.405. The SMILES string of the molecule is Cc1cccc(CCN(Cc2cc3c(C)ccc(C)c3[nH]c2=O)S(=O)(=O)c2ccc(F)cc2)c1. The average molecular weight is 479 g/mol. The first-order valence-corrected chi connectivity index (χ1v) is 12.5. The van der Waals surface area contributed by atoms with Crippen LogP contribution in [0, 0.1) is 26.6 Å². The van der Waals surface area contributed by atoms with Crippen molar-refractivity contribution in [3.8, 4) is 0 Å². The lowest BCUT2D eigenvalue weighted by molar-refractivity contribution is 0.408. The van der Waals surface area contributed by atoms with Gasteiger partial charge < -0.3 is 4.98 Å². The van der Waals surface area contributed by atoms with Crippen molar-refractivity contribution in [1.29, 1.82) is 0 Å². The number of nitrogens with zero attached hydrogens (tertiary/aromatic N) is 1. The van der Waals surface area contributed by atoms with E-state index in [0.717, 1.165) is 45.3 Å². The van der Waals surface area contributed by atoms with Crippen LogP contribution in [-0.2, 0) is 23.0 Å². The van der Waals surface area contributed by atoms with Gasteiger partial charge in [-0.05, 0) is 74.2 Å². The summed E-state index contributed by atoms with van der Waals surface area (Å²) < 4.78 is 41.8. The number of sulfonamides is 1. The Morgan fingerprint density at radius 3 is 2.32 bits per heavy atom. The van der Waals surface area contributed by atoms with Crippen LogP contribution in [0.3, 0.4) is 0 Å². The van der Waals surface area contributed by atoms with E-state index in [1.54, 1.807) is 6.07 Å². The normalized spacial score (nSPS) is 11.9. The van der Waals surface area contributed by atoms with E-state index in [9.17, 15) is 17.6 Å². The fourth-order valence-electron chi connectivity index (χ4n) is 4.09. The van der Waals surface area contributed by atoms with Crippen molar-refractivity contribution in [2.75, 3.05) is 6.54 Å². The Hall–Kier alpha value is -3.29. The molecule has 0 unspecified atom stereocenters. The van der Waals surface area contributed by atoms with Gasteiger partial charge in [-0.25, -0.2) is 12.8 Å². The second-order valence-corrected chi connectivity index (χ2v) is 10.6. The van der Waals surface area contributed by atoms with Gasteiger partial charge in [0.25, 0.3) is 5.56 Å². The fourth-order valence-corrected chi connectivity index (χ4v) is 5.51. The summed E-state index contributed by atoms with van der Waals surface area (Å²) in [6, 6.07) is 18.3. The Morgan fingerprint density at radius 1 is 0.912 bits per heavy atom. The van der Waals surface area contributed by atoms with E-state index in [0.29, 0.717) is 12.0 Å². The Bertz CT molecular complexity index is 1510. The molecule has 0 aliphatic carbocycles. The van der Waals surface area contributed by atoms with Crippen molar-refractivity contribution in [3.05, 3.63) is 111 Å². The lowest BCUT2D eigenvalue weighted by Gasteiger charge is -2.22. The van der Waals surface area contributed by atoms with E-state index in [1.807, 2.05) is 57.2 Å². The summed E-state index contributed by atoms with van der Waals surface area (Å²) in [4.78, 5) is 15.8. The van der Waals surface area contributed by atoms with Crippen LogP contribution < -0.4 is 5.56 Å². The van der Waals surface area contributed by atoms with E-state index in [2.05, 4.69) is 4.98 Å². The van der Waals surface area contributed by atoms with Crippen molar-refractivity contribution >= 4 is 20.9 Å². The van der Waals surface area contributed by atoms with Gasteiger partial charge in [-0.2, -0.15) is 4.31 Å².